The lowest BCUT2D eigenvalue weighted by atomic mass is 9.66. The van der Waals surface area contributed by atoms with Gasteiger partial charge in [-0.15, -0.1) is 0 Å². The monoisotopic (exact) mass is 414 g/mol. The number of cyclic esters (lactones) is 1. The van der Waals surface area contributed by atoms with Crippen molar-refractivity contribution in [1.29, 1.82) is 0 Å². The Morgan fingerprint density at radius 2 is 1.53 bits per heavy atom. The number of hydrogen-bond acceptors (Lipinski definition) is 8. The van der Waals surface area contributed by atoms with Crippen LogP contribution in [0.1, 0.15) is 28.7 Å². The number of rotatable bonds is 4. The highest BCUT2D eigenvalue weighted by Crippen LogP contribution is 2.55. The van der Waals surface area contributed by atoms with E-state index in [0.717, 1.165) is 11.1 Å². The summed E-state index contributed by atoms with van der Waals surface area (Å²) in [6, 6.07) is 7.31. The highest BCUT2D eigenvalue weighted by molar-refractivity contribution is 5.79. The molecular weight excluding hydrogens is 392 g/mol. The lowest BCUT2D eigenvalue weighted by Crippen LogP contribution is -2.34. The minimum absolute atomic E-state index is 0.123. The molecule has 8 nitrogen and oxygen atoms in total. The Labute approximate surface area is 173 Å². The van der Waals surface area contributed by atoms with Gasteiger partial charge in [0.15, 0.2) is 23.0 Å². The predicted octanol–water partition coefficient (Wildman–Crippen LogP) is 2.41. The van der Waals surface area contributed by atoms with Crippen LogP contribution in [-0.4, -0.2) is 45.8 Å². The number of carbonyl (C=O) groups excluding carboxylic acids is 1. The number of fused-ring (bicyclic) bond motifs is 3. The van der Waals surface area contributed by atoms with Gasteiger partial charge in [-0.25, -0.2) is 0 Å². The minimum Gasteiger partial charge on any atom is -0.493 e. The molecule has 0 aromatic heterocycles. The van der Waals surface area contributed by atoms with Crippen LogP contribution in [0.3, 0.4) is 0 Å². The van der Waals surface area contributed by atoms with E-state index < -0.39 is 12.0 Å². The lowest BCUT2D eigenvalue weighted by Gasteiger charge is -2.37. The fourth-order valence-electron chi connectivity index (χ4n) is 4.81. The third kappa shape index (κ3) is 2.60. The molecule has 3 aliphatic rings. The van der Waals surface area contributed by atoms with E-state index in [1.807, 2.05) is 18.2 Å². The van der Waals surface area contributed by atoms with Crippen LogP contribution in [0.15, 0.2) is 24.3 Å². The summed E-state index contributed by atoms with van der Waals surface area (Å²) >= 11 is 0. The topological polar surface area (TPSA) is 92.7 Å². The third-order valence-electron chi connectivity index (χ3n) is 6.19. The van der Waals surface area contributed by atoms with Gasteiger partial charge in [0.2, 0.25) is 12.5 Å². The van der Waals surface area contributed by atoms with Gasteiger partial charge >= 0.3 is 5.97 Å². The Bertz CT molecular complexity index is 991. The Balaban J connectivity index is 1.74. The summed E-state index contributed by atoms with van der Waals surface area (Å²) in [5, 5.41) is 11.0. The van der Waals surface area contributed by atoms with Crippen molar-refractivity contribution in [3.63, 3.8) is 0 Å². The number of ether oxygens (including phenoxy) is 6. The predicted molar refractivity (Wildman–Crippen MR) is 103 cm³/mol. The Morgan fingerprint density at radius 3 is 2.13 bits per heavy atom. The fourth-order valence-corrected chi connectivity index (χ4v) is 4.81. The van der Waals surface area contributed by atoms with Gasteiger partial charge in [-0.05, 0) is 41.0 Å². The molecule has 1 aliphatic carbocycles. The average molecular weight is 414 g/mol. The Kier molecular flexibility index (Phi) is 4.39. The summed E-state index contributed by atoms with van der Waals surface area (Å²) in [4.78, 5) is 12.7. The van der Waals surface area contributed by atoms with Gasteiger partial charge in [0.05, 0.1) is 40.0 Å². The molecule has 2 aromatic carbocycles. The molecule has 1 saturated heterocycles. The summed E-state index contributed by atoms with van der Waals surface area (Å²) in [6.45, 7) is 0.289. The summed E-state index contributed by atoms with van der Waals surface area (Å²) < 4.78 is 32.9. The molecular formula is C22H22O8. The molecule has 0 radical (unpaired) electrons. The quantitative estimate of drug-likeness (QED) is 0.763. The summed E-state index contributed by atoms with van der Waals surface area (Å²) in [5.41, 5.74) is 2.30. The van der Waals surface area contributed by atoms with Crippen LogP contribution in [-0.2, 0) is 9.53 Å². The van der Waals surface area contributed by atoms with Crippen molar-refractivity contribution in [1.82, 2.24) is 0 Å². The van der Waals surface area contributed by atoms with Crippen LogP contribution in [0.25, 0.3) is 0 Å². The van der Waals surface area contributed by atoms with Crippen molar-refractivity contribution in [3.8, 4) is 28.7 Å². The van der Waals surface area contributed by atoms with E-state index in [0.29, 0.717) is 34.3 Å². The number of aliphatic hydroxyl groups excluding tert-OH is 1. The largest absolute Gasteiger partial charge is 0.493 e. The SMILES string of the molecule is COc1cc([C@H]2c3cc4c(cc3[C@H](O)[C@H]3COC(=O)[C@H]23)OCO4)cc(OC)c1OC. The van der Waals surface area contributed by atoms with E-state index in [1.54, 1.807) is 20.3 Å². The zero-order valence-electron chi connectivity index (χ0n) is 16.8. The number of esters is 1. The fraction of sp³-hybridized carbons (Fsp3) is 0.409. The van der Waals surface area contributed by atoms with Crippen LogP contribution in [0.5, 0.6) is 28.7 Å². The highest BCUT2D eigenvalue weighted by atomic mass is 16.7. The van der Waals surface area contributed by atoms with Gasteiger partial charge in [0.1, 0.15) is 0 Å². The van der Waals surface area contributed by atoms with Crippen LogP contribution in [0.4, 0.5) is 0 Å². The van der Waals surface area contributed by atoms with E-state index in [-0.39, 0.29) is 31.2 Å². The Hall–Kier alpha value is -3.13. The zero-order valence-corrected chi connectivity index (χ0v) is 16.8. The molecule has 8 heteroatoms. The van der Waals surface area contributed by atoms with Crippen molar-refractivity contribution in [2.24, 2.45) is 11.8 Å². The number of benzene rings is 2. The maximum absolute atomic E-state index is 12.7. The standard InChI is InChI=1S/C22H22O8/c1-25-16-4-10(5-17(26-2)21(16)27-3)18-11-6-14-15(30-9-29-14)7-12(11)20(23)13-8-28-22(24)19(13)18/h4-7,13,18-20,23H,8-9H2,1-3H3/t13-,18-,19-,20-/m0/s1. The number of carbonyl (C=O) groups is 1. The smallest absolute Gasteiger partial charge is 0.310 e. The van der Waals surface area contributed by atoms with E-state index in [9.17, 15) is 9.90 Å². The normalized spacial score (nSPS) is 25.9. The molecule has 2 aromatic rings. The summed E-state index contributed by atoms with van der Waals surface area (Å²) in [6.07, 6.45) is -0.843. The highest BCUT2D eigenvalue weighted by Gasteiger charge is 2.52. The van der Waals surface area contributed by atoms with Crippen molar-refractivity contribution in [3.05, 3.63) is 41.0 Å². The van der Waals surface area contributed by atoms with Crippen LogP contribution in [0.2, 0.25) is 0 Å². The average Bonchev–Trinajstić information content (AvgIpc) is 3.38. The molecule has 0 saturated carbocycles. The molecule has 5 rings (SSSR count). The molecule has 2 heterocycles. The molecule has 0 amide bonds. The molecule has 4 atom stereocenters. The van der Waals surface area contributed by atoms with E-state index in [1.165, 1.54) is 7.11 Å². The second-order valence-electron chi connectivity index (χ2n) is 7.54. The van der Waals surface area contributed by atoms with Crippen molar-refractivity contribution < 1.29 is 38.3 Å². The number of aliphatic hydroxyl groups is 1. The first kappa shape index (κ1) is 18.9. The molecule has 0 bridgehead atoms. The van der Waals surface area contributed by atoms with Gasteiger partial charge in [-0.1, -0.05) is 0 Å². The lowest BCUT2D eigenvalue weighted by molar-refractivity contribution is -0.141. The van der Waals surface area contributed by atoms with Gasteiger partial charge in [0.25, 0.3) is 0 Å². The van der Waals surface area contributed by atoms with Crippen molar-refractivity contribution >= 4 is 5.97 Å². The van der Waals surface area contributed by atoms with E-state index in [4.69, 9.17) is 28.4 Å². The van der Waals surface area contributed by atoms with Crippen LogP contribution in [0, 0.1) is 11.8 Å². The molecule has 30 heavy (non-hydrogen) atoms. The molecule has 0 unspecified atom stereocenters. The van der Waals surface area contributed by atoms with Crippen LogP contribution < -0.4 is 23.7 Å². The van der Waals surface area contributed by atoms with Crippen LogP contribution >= 0.6 is 0 Å². The molecule has 0 spiro atoms. The molecule has 158 valence electrons. The maximum Gasteiger partial charge on any atom is 0.310 e. The number of methoxy groups -OCH3 is 3. The second kappa shape index (κ2) is 6.98. The first-order chi connectivity index (χ1) is 14.6. The Morgan fingerprint density at radius 1 is 0.900 bits per heavy atom. The summed E-state index contributed by atoms with van der Waals surface area (Å²) in [5.74, 6) is 0.989. The molecule has 1 N–H and O–H groups in total. The molecule has 2 aliphatic heterocycles. The van der Waals surface area contributed by atoms with Gasteiger partial charge in [-0.2, -0.15) is 0 Å². The number of hydrogen-bond donors (Lipinski definition) is 1. The van der Waals surface area contributed by atoms with Gasteiger partial charge in [-0.3, -0.25) is 4.79 Å². The second-order valence-corrected chi connectivity index (χ2v) is 7.54. The first-order valence-electron chi connectivity index (χ1n) is 9.65. The molecule has 1 fully saturated rings. The third-order valence-corrected chi connectivity index (χ3v) is 6.19. The summed E-state index contributed by atoms with van der Waals surface area (Å²) in [7, 11) is 4.63. The van der Waals surface area contributed by atoms with Crippen molar-refractivity contribution in [2.45, 2.75) is 12.0 Å². The first-order valence-corrected chi connectivity index (χ1v) is 9.65. The minimum atomic E-state index is -0.843. The van der Waals surface area contributed by atoms with E-state index >= 15 is 0 Å². The zero-order chi connectivity index (χ0) is 21.0. The van der Waals surface area contributed by atoms with Gasteiger partial charge < -0.3 is 33.5 Å². The van der Waals surface area contributed by atoms with Crippen molar-refractivity contribution in [2.75, 3.05) is 34.7 Å². The maximum atomic E-state index is 12.7. The van der Waals surface area contributed by atoms with Gasteiger partial charge in [0, 0.05) is 11.8 Å². The van der Waals surface area contributed by atoms with E-state index in [2.05, 4.69) is 0 Å².